The fraction of sp³-hybridized carbons (Fsp3) is 0.407. The van der Waals surface area contributed by atoms with Crippen LogP contribution in [-0.2, 0) is 11.3 Å². The number of anilines is 1. The number of benzene rings is 2. The zero-order chi connectivity index (χ0) is 25.2. The molecule has 9 heteroatoms. The molecule has 1 unspecified atom stereocenters. The van der Waals surface area contributed by atoms with Crippen LogP contribution >= 0.6 is 0 Å². The first-order valence-corrected chi connectivity index (χ1v) is 12.4. The summed E-state index contributed by atoms with van der Waals surface area (Å²) < 4.78 is 7.03. The predicted molar refractivity (Wildman–Crippen MR) is 141 cm³/mol. The zero-order valence-corrected chi connectivity index (χ0v) is 21.4. The van der Waals surface area contributed by atoms with Gasteiger partial charge >= 0.3 is 0 Å². The summed E-state index contributed by atoms with van der Waals surface area (Å²) in [6, 6.07) is 14.3. The number of nitrogens with zero attached hydrogens (tertiary/aromatic N) is 6. The van der Waals surface area contributed by atoms with Gasteiger partial charge in [-0.15, -0.1) is 5.10 Å². The van der Waals surface area contributed by atoms with Gasteiger partial charge in [0.1, 0.15) is 6.04 Å². The molecule has 1 saturated heterocycles. The van der Waals surface area contributed by atoms with Crippen molar-refractivity contribution in [3.63, 3.8) is 0 Å². The fourth-order valence-electron chi connectivity index (χ4n) is 5.13. The van der Waals surface area contributed by atoms with Crippen LogP contribution in [0.3, 0.4) is 0 Å². The van der Waals surface area contributed by atoms with E-state index in [2.05, 4.69) is 62.4 Å². The highest BCUT2D eigenvalue weighted by Crippen LogP contribution is 2.30. The Morgan fingerprint density at radius 1 is 1.03 bits per heavy atom. The van der Waals surface area contributed by atoms with E-state index in [4.69, 9.17) is 4.74 Å². The van der Waals surface area contributed by atoms with Crippen LogP contribution in [0.15, 0.2) is 47.3 Å². The van der Waals surface area contributed by atoms with Gasteiger partial charge in [-0.2, -0.15) is 0 Å². The molecule has 2 aromatic heterocycles. The Bertz CT molecular complexity index is 1420. The molecular formula is C27H33N7O2. The van der Waals surface area contributed by atoms with Gasteiger partial charge in [0, 0.05) is 44.5 Å². The summed E-state index contributed by atoms with van der Waals surface area (Å²) in [7, 11) is 1.66. The number of nitrogens with one attached hydrogen (secondary N) is 1. The van der Waals surface area contributed by atoms with E-state index in [0.29, 0.717) is 24.5 Å². The number of fused-ring (bicyclic) bond motifs is 1. The van der Waals surface area contributed by atoms with Gasteiger partial charge in [0.25, 0.3) is 5.56 Å². The molecule has 0 bridgehead atoms. The standard InChI is InChI=1S/C27H33N7O2/c1-18-8-9-19(2)23(16-18)32-10-12-33(13-11-32)25(26-29-30-31-34(26)14-15-36-4)22-17-21-7-5-6-20(3)24(21)28-27(22)35/h5-9,16-17,25H,10-15H2,1-4H3,(H,28,35). The maximum atomic E-state index is 13.5. The molecule has 0 spiro atoms. The Kier molecular flexibility index (Phi) is 6.84. The Hall–Kier alpha value is -3.56. The van der Waals surface area contributed by atoms with Crippen molar-refractivity contribution >= 4 is 16.6 Å². The van der Waals surface area contributed by atoms with Crippen LogP contribution in [-0.4, -0.2) is 70.0 Å². The number of hydrogen-bond donors (Lipinski definition) is 1. The first kappa shape index (κ1) is 24.1. The first-order valence-electron chi connectivity index (χ1n) is 12.4. The number of para-hydroxylation sites is 1. The molecule has 1 N–H and O–H groups in total. The lowest BCUT2D eigenvalue weighted by molar-refractivity contribution is 0.171. The normalized spacial score (nSPS) is 15.5. The van der Waals surface area contributed by atoms with Crippen LogP contribution in [0, 0.1) is 20.8 Å². The van der Waals surface area contributed by atoms with Crippen molar-refractivity contribution in [1.29, 1.82) is 0 Å². The third-order valence-corrected chi connectivity index (χ3v) is 7.11. The summed E-state index contributed by atoms with van der Waals surface area (Å²) in [5, 5.41) is 13.6. The third kappa shape index (κ3) is 4.64. The highest BCUT2D eigenvalue weighted by Gasteiger charge is 2.33. The number of piperazine rings is 1. The van der Waals surface area contributed by atoms with Crippen LogP contribution in [0.4, 0.5) is 5.69 Å². The van der Waals surface area contributed by atoms with Gasteiger partial charge < -0.3 is 14.6 Å². The Balaban J connectivity index is 1.52. The van der Waals surface area contributed by atoms with Crippen molar-refractivity contribution in [3.05, 3.63) is 80.9 Å². The van der Waals surface area contributed by atoms with Gasteiger partial charge in [-0.3, -0.25) is 9.69 Å². The van der Waals surface area contributed by atoms with E-state index in [1.165, 1.54) is 16.8 Å². The van der Waals surface area contributed by atoms with Crippen molar-refractivity contribution in [2.24, 2.45) is 0 Å². The smallest absolute Gasteiger partial charge is 0.253 e. The SMILES string of the molecule is COCCn1nnnc1C(c1cc2cccc(C)c2[nH]c1=O)N1CCN(c2cc(C)ccc2C)CC1. The van der Waals surface area contributed by atoms with E-state index in [1.807, 2.05) is 31.2 Å². The van der Waals surface area contributed by atoms with E-state index in [9.17, 15) is 4.79 Å². The summed E-state index contributed by atoms with van der Waals surface area (Å²) in [6.07, 6.45) is 0. The molecule has 0 saturated carbocycles. The lowest BCUT2D eigenvalue weighted by Crippen LogP contribution is -2.49. The molecule has 0 aliphatic carbocycles. The van der Waals surface area contributed by atoms with Crippen molar-refractivity contribution < 1.29 is 4.74 Å². The largest absolute Gasteiger partial charge is 0.383 e. The fourth-order valence-corrected chi connectivity index (χ4v) is 5.13. The molecule has 36 heavy (non-hydrogen) atoms. The van der Waals surface area contributed by atoms with Crippen molar-refractivity contribution in [2.75, 3.05) is 44.8 Å². The highest BCUT2D eigenvalue weighted by atomic mass is 16.5. The van der Waals surface area contributed by atoms with Crippen molar-refractivity contribution in [3.8, 4) is 0 Å². The van der Waals surface area contributed by atoms with Gasteiger partial charge in [-0.1, -0.05) is 30.3 Å². The monoisotopic (exact) mass is 487 g/mol. The number of rotatable bonds is 7. The van der Waals surface area contributed by atoms with Gasteiger partial charge in [0.15, 0.2) is 5.82 Å². The summed E-state index contributed by atoms with van der Waals surface area (Å²) in [5.74, 6) is 0.657. The Morgan fingerprint density at radius 3 is 2.61 bits per heavy atom. The molecule has 0 amide bonds. The van der Waals surface area contributed by atoms with Gasteiger partial charge in [-0.25, -0.2) is 4.68 Å². The van der Waals surface area contributed by atoms with Crippen LogP contribution in [0.25, 0.3) is 10.9 Å². The molecule has 1 fully saturated rings. The molecule has 2 aromatic carbocycles. The highest BCUT2D eigenvalue weighted by molar-refractivity contribution is 5.82. The number of pyridine rings is 1. The second-order valence-electron chi connectivity index (χ2n) is 9.56. The molecule has 5 rings (SSSR count). The van der Waals surface area contributed by atoms with E-state index < -0.39 is 0 Å². The second-order valence-corrected chi connectivity index (χ2v) is 9.56. The minimum atomic E-state index is -0.369. The average molecular weight is 488 g/mol. The predicted octanol–water partition coefficient (Wildman–Crippen LogP) is 3.00. The summed E-state index contributed by atoms with van der Waals surface area (Å²) in [4.78, 5) is 21.3. The lowest BCUT2D eigenvalue weighted by atomic mass is 10.0. The number of aromatic amines is 1. The summed E-state index contributed by atoms with van der Waals surface area (Å²) in [5.41, 5.74) is 6.25. The molecule has 1 atom stereocenters. The van der Waals surface area contributed by atoms with E-state index in [1.54, 1.807) is 11.8 Å². The third-order valence-electron chi connectivity index (χ3n) is 7.11. The maximum Gasteiger partial charge on any atom is 0.253 e. The van der Waals surface area contributed by atoms with Gasteiger partial charge in [-0.05, 0) is 65.4 Å². The number of ether oxygens (including phenoxy) is 1. The molecular weight excluding hydrogens is 454 g/mol. The Morgan fingerprint density at radius 2 is 1.83 bits per heavy atom. The van der Waals surface area contributed by atoms with E-state index in [0.717, 1.165) is 42.6 Å². The van der Waals surface area contributed by atoms with Gasteiger partial charge in [0.2, 0.25) is 0 Å². The average Bonchev–Trinajstić information content (AvgIpc) is 3.34. The summed E-state index contributed by atoms with van der Waals surface area (Å²) >= 11 is 0. The van der Waals surface area contributed by atoms with E-state index >= 15 is 0 Å². The summed E-state index contributed by atoms with van der Waals surface area (Å²) in [6.45, 7) is 10.6. The number of methoxy groups -OCH3 is 1. The number of aryl methyl sites for hydroxylation is 3. The number of H-pyrrole nitrogens is 1. The quantitative estimate of drug-likeness (QED) is 0.428. The molecule has 0 radical (unpaired) electrons. The second kappa shape index (κ2) is 10.2. The van der Waals surface area contributed by atoms with Crippen LogP contribution in [0.2, 0.25) is 0 Å². The van der Waals surface area contributed by atoms with Crippen LogP contribution in [0.5, 0.6) is 0 Å². The lowest BCUT2D eigenvalue weighted by Gasteiger charge is -2.40. The molecule has 1 aliphatic heterocycles. The number of tetrazole rings is 1. The molecule has 188 valence electrons. The first-order chi connectivity index (χ1) is 17.5. The molecule has 3 heterocycles. The number of hydrogen-bond acceptors (Lipinski definition) is 7. The number of aromatic nitrogens is 5. The minimum Gasteiger partial charge on any atom is -0.383 e. The molecule has 4 aromatic rings. The molecule has 9 nitrogen and oxygen atoms in total. The van der Waals surface area contributed by atoms with Crippen LogP contribution < -0.4 is 10.5 Å². The van der Waals surface area contributed by atoms with Crippen molar-refractivity contribution in [1.82, 2.24) is 30.1 Å². The maximum absolute atomic E-state index is 13.5. The zero-order valence-electron chi connectivity index (χ0n) is 21.4. The topological polar surface area (TPSA) is 92.2 Å². The minimum absolute atomic E-state index is 0.111. The Labute approximate surface area is 210 Å². The molecule has 1 aliphatic rings. The van der Waals surface area contributed by atoms with Gasteiger partial charge in [0.05, 0.1) is 18.7 Å². The van der Waals surface area contributed by atoms with E-state index in [-0.39, 0.29) is 11.6 Å². The van der Waals surface area contributed by atoms with Crippen molar-refractivity contribution in [2.45, 2.75) is 33.4 Å². The van der Waals surface area contributed by atoms with Crippen LogP contribution in [0.1, 0.15) is 34.1 Å².